The molecule has 4 aromatic rings. The van der Waals surface area contributed by atoms with E-state index < -0.39 is 0 Å². The minimum atomic E-state index is -0.264. The highest BCUT2D eigenvalue weighted by atomic mass is 35.5. The number of nitrogens with zero attached hydrogens (tertiary/aromatic N) is 4. The number of fused-ring (bicyclic) bond motifs is 1. The molecule has 0 aliphatic carbocycles. The Morgan fingerprint density at radius 2 is 1.80 bits per heavy atom. The summed E-state index contributed by atoms with van der Waals surface area (Å²) in [6.07, 6.45) is 0.356. The van der Waals surface area contributed by atoms with E-state index in [1.807, 2.05) is 48.5 Å². The van der Waals surface area contributed by atoms with Gasteiger partial charge in [-0.05, 0) is 24.1 Å². The molecule has 4 rings (SSSR count). The molecular formula is C22H20ClN5O2. The SMILES string of the molecule is CC(=O)N(Cc1ccccc1)c1nc2nc(C)c(Cc3ccccc3Cl)c(=O)n2[nH]1. The lowest BCUT2D eigenvalue weighted by Crippen LogP contribution is -2.29. The molecule has 0 saturated heterocycles. The minimum Gasteiger partial charge on any atom is -0.277 e. The topological polar surface area (TPSA) is 83.4 Å². The first-order valence-corrected chi connectivity index (χ1v) is 9.85. The Balaban J connectivity index is 1.75. The van der Waals surface area contributed by atoms with Gasteiger partial charge >= 0.3 is 0 Å². The van der Waals surface area contributed by atoms with Crippen molar-refractivity contribution in [3.8, 4) is 0 Å². The molecule has 2 aromatic heterocycles. The first kappa shape index (κ1) is 19.8. The van der Waals surface area contributed by atoms with Crippen molar-refractivity contribution in [1.29, 1.82) is 0 Å². The van der Waals surface area contributed by atoms with Crippen LogP contribution in [0.2, 0.25) is 5.02 Å². The smallest absolute Gasteiger partial charge is 0.277 e. The summed E-state index contributed by atoms with van der Waals surface area (Å²) in [5.74, 6) is 0.291. The maximum Gasteiger partial charge on any atom is 0.277 e. The number of hydrogen-bond donors (Lipinski definition) is 1. The van der Waals surface area contributed by atoms with E-state index in [9.17, 15) is 9.59 Å². The van der Waals surface area contributed by atoms with Crippen molar-refractivity contribution in [2.45, 2.75) is 26.8 Å². The van der Waals surface area contributed by atoms with Crippen molar-refractivity contribution >= 4 is 29.2 Å². The Morgan fingerprint density at radius 3 is 2.50 bits per heavy atom. The van der Waals surface area contributed by atoms with Crippen molar-refractivity contribution in [2.24, 2.45) is 0 Å². The predicted octanol–water partition coefficient (Wildman–Crippen LogP) is 3.52. The largest absolute Gasteiger partial charge is 0.277 e. The summed E-state index contributed by atoms with van der Waals surface area (Å²) >= 11 is 6.26. The lowest BCUT2D eigenvalue weighted by molar-refractivity contribution is -0.116. The third-order valence-corrected chi connectivity index (χ3v) is 5.30. The second kappa shape index (κ2) is 8.12. The molecule has 0 saturated carbocycles. The van der Waals surface area contributed by atoms with E-state index in [-0.39, 0.29) is 23.2 Å². The van der Waals surface area contributed by atoms with Crippen LogP contribution in [0, 0.1) is 6.92 Å². The van der Waals surface area contributed by atoms with Gasteiger partial charge in [-0.15, -0.1) is 0 Å². The number of nitrogens with one attached hydrogen (secondary N) is 1. The van der Waals surface area contributed by atoms with Crippen molar-refractivity contribution in [3.63, 3.8) is 0 Å². The zero-order valence-corrected chi connectivity index (χ0v) is 17.3. The van der Waals surface area contributed by atoms with Crippen molar-refractivity contribution in [1.82, 2.24) is 19.6 Å². The molecule has 2 aromatic carbocycles. The lowest BCUT2D eigenvalue weighted by Gasteiger charge is -2.17. The van der Waals surface area contributed by atoms with Gasteiger partial charge < -0.3 is 0 Å². The summed E-state index contributed by atoms with van der Waals surface area (Å²) in [5.41, 5.74) is 2.63. The number of carbonyl (C=O) groups excluding carboxylic acids is 1. The Hall–Kier alpha value is -3.45. The number of rotatable bonds is 5. The van der Waals surface area contributed by atoms with Crippen LogP contribution in [-0.4, -0.2) is 25.5 Å². The fourth-order valence-electron chi connectivity index (χ4n) is 3.30. The molecule has 2 heterocycles. The number of halogens is 1. The fourth-order valence-corrected chi connectivity index (χ4v) is 3.50. The molecule has 0 aliphatic rings. The molecule has 152 valence electrons. The molecule has 0 atom stereocenters. The number of H-pyrrole nitrogens is 1. The van der Waals surface area contributed by atoms with Crippen LogP contribution in [0.25, 0.3) is 5.78 Å². The van der Waals surface area contributed by atoms with Gasteiger partial charge in [0.2, 0.25) is 11.9 Å². The Kier molecular flexibility index (Phi) is 5.37. The van der Waals surface area contributed by atoms with Gasteiger partial charge in [0.1, 0.15) is 0 Å². The number of hydrogen-bond acceptors (Lipinski definition) is 4. The minimum absolute atomic E-state index is 0.195. The van der Waals surface area contributed by atoms with Gasteiger partial charge in [0.05, 0.1) is 12.2 Å². The summed E-state index contributed by atoms with van der Waals surface area (Å²) in [4.78, 5) is 35.7. The zero-order chi connectivity index (χ0) is 21.3. The molecule has 0 spiro atoms. The summed E-state index contributed by atoms with van der Waals surface area (Å²) in [6.45, 7) is 3.56. The molecule has 7 nitrogen and oxygen atoms in total. The van der Waals surface area contributed by atoms with Gasteiger partial charge in [-0.2, -0.15) is 9.50 Å². The number of anilines is 1. The van der Waals surface area contributed by atoms with E-state index in [0.29, 0.717) is 29.2 Å². The van der Waals surface area contributed by atoms with Crippen molar-refractivity contribution in [3.05, 3.63) is 92.4 Å². The first-order valence-electron chi connectivity index (χ1n) is 9.47. The molecule has 0 fully saturated rings. The van der Waals surface area contributed by atoms with E-state index in [1.54, 1.807) is 13.0 Å². The van der Waals surface area contributed by atoms with Crippen LogP contribution >= 0.6 is 11.6 Å². The quantitative estimate of drug-likeness (QED) is 0.534. The van der Waals surface area contributed by atoms with Gasteiger partial charge in [0.25, 0.3) is 11.3 Å². The van der Waals surface area contributed by atoms with E-state index in [4.69, 9.17) is 11.6 Å². The third kappa shape index (κ3) is 3.84. The number of aromatic nitrogens is 4. The molecule has 0 bridgehead atoms. The highest BCUT2D eigenvalue weighted by Crippen LogP contribution is 2.19. The van der Waals surface area contributed by atoms with Crippen LogP contribution in [0.3, 0.4) is 0 Å². The van der Waals surface area contributed by atoms with Crippen LogP contribution in [-0.2, 0) is 17.8 Å². The molecule has 30 heavy (non-hydrogen) atoms. The van der Waals surface area contributed by atoms with Crippen LogP contribution < -0.4 is 10.5 Å². The van der Waals surface area contributed by atoms with Crippen LogP contribution in [0.15, 0.2) is 59.4 Å². The van der Waals surface area contributed by atoms with Crippen molar-refractivity contribution in [2.75, 3.05) is 4.90 Å². The lowest BCUT2D eigenvalue weighted by atomic mass is 10.1. The second-order valence-electron chi connectivity index (χ2n) is 7.02. The Morgan fingerprint density at radius 1 is 1.10 bits per heavy atom. The molecule has 0 unspecified atom stereocenters. The molecular weight excluding hydrogens is 402 g/mol. The van der Waals surface area contributed by atoms with E-state index in [0.717, 1.165) is 11.1 Å². The maximum atomic E-state index is 13.1. The Labute approximate surface area is 178 Å². The van der Waals surface area contributed by atoms with Crippen LogP contribution in [0.4, 0.5) is 5.95 Å². The zero-order valence-electron chi connectivity index (χ0n) is 16.6. The molecule has 8 heteroatoms. The summed E-state index contributed by atoms with van der Waals surface area (Å²) < 4.78 is 1.27. The van der Waals surface area contributed by atoms with Gasteiger partial charge in [-0.3, -0.25) is 19.6 Å². The van der Waals surface area contributed by atoms with Crippen molar-refractivity contribution < 1.29 is 4.79 Å². The van der Waals surface area contributed by atoms with E-state index >= 15 is 0 Å². The summed E-state index contributed by atoms with van der Waals surface area (Å²) in [6, 6.07) is 17.0. The van der Waals surface area contributed by atoms with Crippen LogP contribution in [0.1, 0.15) is 29.3 Å². The molecule has 0 radical (unpaired) electrons. The maximum absolute atomic E-state index is 13.1. The van der Waals surface area contributed by atoms with Crippen LogP contribution in [0.5, 0.6) is 0 Å². The standard InChI is InChI=1S/C22H20ClN5O2/c1-14-18(12-17-10-6-7-11-19(17)23)20(30)28-21(24-14)25-22(26-28)27(15(2)29)13-16-8-4-3-5-9-16/h3-11H,12-13H2,1-2H3,(H,24,25,26). The number of aryl methyl sites for hydroxylation is 1. The molecule has 1 amide bonds. The van der Waals surface area contributed by atoms with E-state index in [2.05, 4.69) is 15.1 Å². The number of benzene rings is 2. The van der Waals surface area contributed by atoms with E-state index in [1.165, 1.54) is 16.3 Å². The first-order chi connectivity index (χ1) is 14.4. The average Bonchev–Trinajstić information content (AvgIpc) is 3.15. The fraction of sp³-hybridized carbons (Fsp3) is 0.182. The Bertz CT molecular complexity index is 1280. The highest BCUT2D eigenvalue weighted by Gasteiger charge is 2.20. The molecule has 1 N–H and O–H groups in total. The summed E-state index contributed by atoms with van der Waals surface area (Å²) in [7, 11) is 0. The van der Waals surface area contributed by atoms with Gasteiger partial charge in [-0.1, -0.05) is 60.1 Å². The van der Waals surface area contributed by atoms with Gasteiger partial charge in [0.15, 0.2) is 0 Å². The summed E-state index contributed by atoms with van der Waals surface area (Å²) in [5, 5.41) is 3.53. The van der Waals surface area contributed by atoms with Gasteiger partial charge in [0, 0.05) is 23.9 Å². The molecule has 0 aliphatic heterocycles. The van der Waals surface area contributed by atoms with Gasteiger partial charge in [-0.25, -0.2) is 4.98 Å². The predicted molar refractivity (Wildman–Crippen MR) is 116 cm³/mol. The normalized spacial score (nSPS) is 11.0. The third-order valence-electron chi connectivity index (χ3n) is 4.93. The number of aromatic amines is 1. The number of carbonyl (C=O) groups is 1. The highest BCUT2D eigenvalue weighted by molar-refractivity contribution is 6.31. The second-order valence-corrected chi connectivity index (χ2v) is 7.43. The average molecular weight is 422 g/mol. The monoisotopic (exact) mass is 421 g/mol. The number of amides is 1.